The number of ether oxygens (including phenoxy) is 2. The average molecular weight is 290 g/mol. The van der Waals surface area contributed by atoms with E-state index >= 15 is 0 Å². The molecule has 1 amide bonds. The fourth-order valence-electron chi connectivity index (χ4n) is 2.43. The highest BCUT2D eigenvalue weighted by Gasteiger charge is 2.27. The van der Waals surface area contributed by atoms with Crippen molar-refractivity contribution in [1.29, 1.82) is 0 Å². The van der Waals surface area contributed by atoms with Crippen LogP contribution in [-0.2, 0) is 4.79 Å². The van der Waals surface area contributed by atoms with E-state index in [2.05, 4.69) is 17.6 Å². The van der Waals surface area contributed by atoms with Gasteiger partial charge in [0, 0.05) is 18.6 Å². The van der Waals surface area contributed by atoms with E-state index in [1.54, 1.807) is 6.07 Å². The number of nitrogens with zero attached hydrogens (tertiary/aromatic N) is 1. The number of hydrogen-bond acceptors (Lipinski definition) is 4. The minimum atomic E-state index is -0.652. The number of fused-ring (bicyclic) bond motifs is 1. The Morgan fingerprint density at radius 2 is 2.00 bits per heavy atom. The molecule has 2 heterocycles. The highest BCUT2D eigenvalue weighted by Crippen LogP contribution is 2.30. The zero-order valence-corrected chi connectivity index (χ0v) is 12.1. The number of hydrazone groups is 1. The summed E-state index contributed by atoms with van der Waals surface area (Å²) in [7, 11) is 2.17. The molecule has 2 aliphatic rings. The van der Waals surface area contributed by atoms with Crippen LogP contribution in [0, 0.1) is 0 Å². The third-order valence-corrected chi connectivity index (χ3v) is 3.81. The van der Waals surface area contributed by atoms with Gasteiger partial charge in [0.25, 0.3) is 5.91 Å². The standard InChI is InChI=1S/C15H19N3O3/c1-18-8-6-11(7-9-18)16-17-15(19)14-10-20-12-4-2-3-5-13(12)21-14/h2-5,14H,6-10H2,1H3,(H,17,19)/p+1/t14-/m0/s1. The van der Waals surface area contributed by atoms with Crippen LogP contribution in [0.15, 0.2) is 29.4 Å². The number of carbonyl (C=O) groups excluding carboxylic acids is 1. The van der Waals surface area contributed by atoms with Gasteiger partial charge >= 0.3 is 0 Å². The van der Waals surface area contributed by atoms with Gasteiger partial charge in [-0.3, -0.25) is 4.79 Å². The first-order chi connectivity index (χ1) is 10.2. The van der Waals surface area contributed by atoms with Crippen molar-refractivity contribution in [3.05, 3.63) is 24.3 Å². The van der Waals surface area contributed by atoms with Gasteiger partial charge in [0.05, 0.1) is 20.1 Å². The van der Waals surface area contributed by atoms with Crippen LogP contribution >= 0.6 is 0 Å². The fourth-order valence-corrected chi connectivity index (χ4v) is 2.43. The molecule has 1 aromatic rings. The third-order valence-electron chi connectivity index (χ3n) is 3.81. The summed E-state index contributed by atoms with van der Waals surface area (Å²) in [6.45, 7) is 2.33. The molecule has 112 valence electrons. The number of quaternary nitrogens is 1. The molecule has 1 saturated heterocycles. The maximum absolute atomic E-state index is 12.1. The maximum Gasteiger partial charge on any atom is 0.284 e. The summed E-state index contributed by atoms with van der Waals surface area (Å²) in [6, 6.07) is 7.34. The Bertz CT molecular complexity index is 549. The molecule has 1 atom stereocenters. The Balaban J connectivity index is 1.56. The number of piperidine rings is 1. The number of para-hydroxylation sites is 2. The molecule has 6 heteroatoms. The molecule has 1 fully saturated rings. The molecule has 0 spiro atoms. The number of benzene rings is 1. The van der Waals surface area contributed by atoms with Crippen molar-refractivity contribution in [3.63, 3.8) is 0 Å². The molecule has 6 nitrogen and oxygen atoms in total. The molecule has 0 unspecified atom stereocenters. The zero-order valence-electron chi connectivity index (χ0n) is 12.1. The first-order valence-electron chi connectivity index (χ1n) is 7.27. The summed E-state index contributed by atoms with van der Waals surface area (Å²) < 4.78 is 11.2. The lowest BCUT2D eigenvalue weighted by Crippen LogP contribution is -3.10. The Morgan fingerprint density at radius 1 is 1.29 bits per heavy atom. The quantitative estimate of drug-likeness (QED) is 0.729. The maximum atomic E-state index is 12.1. The van der Waals surface area contributed by atoms with Crippen LogP contribution in [0.2, 0.25) is 0 Å². The highest BCUT2D eigenvalue weighted by molar-refractivity contribution is 5.88. The molecule has 2 N–H and O–H groups in total. The van der Waals surface area contributed by atoms with Gasteiger partial charge in [0.15, 0.2) is 11.5 Å². The molecule has 2 aliphatic heterocycles. The molecule has 0 bridgehead atoms. The van der Waals surface area contributed by atoms with Crippen molar-refractivity contribution in [2.45, 2.75) is 18.9 Å². The summed E-state index contributed by atoms with van der Waals surface area (Å²) in [5.41, 5.74) is 3.65. The molecule has 1 aromatic carbocycles. The Kier molecular flexibility index (Phi) is 4.06. The molecule has 0 radical (unpaired) electrons. The van der Waals surface area contributed by atoms with Gasteiger partial charge in [0.1, 0.15) is 6.61 Å². The van der Waals surface area contributed by atoms with Crippen LogP contribution in [0.3, 0.4) is 0 Å². The van der Waals surface area contributed by atoms with E-state index in [4.69, 9.17) is 9.47 Å². The van der Waals surface area contributed by atoms with Gasteiger partial charge in [-0.1, -0.05) is 12.1 Å². The predicted molar refractivity (Wildman–Crippen MR) is 77.8 cm³/mol. The summed E-state index contributed by atoms with van der Waals surface area (Å²) in [6.07, 6.45) is 1.20. The van der Waals surface area contributed by atoms with Crippen LogP contribution < -0.4 is 19.8 Å². The highest BCUT2D eigenvalue weighted by atomic mass is 16.6. The first-order valence-corrected chi connectivity index (χ1v) is 7.27. The smallest absolute Gasteiger partial charge is 0.284 e. The predicted octanol–water partition coefficient (Wildman–Crippen LogP) is -0.393. The summed E-state index contributed by atoms with van der Waals surface area (Å²) >= 11 is 0. The lowest BCUT2D eigenvalue weighted by molar-refractivity contribution is -0.880. The Hall–Kier alpha value is -2.08. The van der Waals surface area contributed by atoms with Gasteiger partial charge in [-0.05, 0) is 12.1 Å². The van der Waals surface area contributed by atoms with Crippen LogP contribution in [0.4, 0.5) is 0 Å². The summed E-state index contributed by atoms with van der Waals surface area (Å²) in [4.78, 5) is 13.6. The number of likely N-dealkylation sites (tertiary alicyclic amines) is 1. The summed E-state index contributed by atoms with van der Waals surface area (Å²) in [5.74, 6) is 1.01. The number of rotatable bonds is 2. The van der Waals surface area contributed by atoms with E-state index in [1.807, 2.05) is 18.2 Å². The molecule has 0 saturated carbocycles. The Labute approximate surface area is 123 Å². The van der Waals surface area contributed by atoms with E-state index < -0.39 is 6.10 Å². The monoisotopic (exact) mass is 290 g/mol. The van der Waals surface area contributed by atoms with Crippen LogP contribution in [0.5, 0.6) is 11.5 Å². The van der Waals surface area contributed by atoms with Gasteiger partial charge in [0.2, 0.25) is 6.10 Å². The second kappa shape index (κ2) is 6.13. The number of amides is 1. The molecule has 0 aromatic heterocycles. The van der Waals surface area contributed by atoms with Gasteiger partial charge in [-0.2, -0.15) is 5.10 Å². The largest absolute Gasteiger partial charge is 0.485 e. The SMILES string of the molecule is C[NH+]1CCC(=NNC(=O)[C@@H]2COc3ccccc3O2)CC1. The zero-order chi connectivity index (χ0) is 14.7. The van der Waals surface area contributed by atoms with Crippen molar-refractivity contribution in [3.8, 4) is 11.5 Å². The first kappa shape index (κ1) is 13.9. The van der Waals surface area contributed by atoms with Gasteiger partial charge in [-0.25, -0.2) is 5.43 Å². The molecule has 0 aliphatic carbocycles. The molecular formula is C15H20N3O3+. The van der Waals surface area contributed by atoms with Gasteiger partial charge in [-0.15, -0.1) is 0 Å². The second-order valence-corrected chi connectivity index (χ2v) is 5.48. The minimum Gasteiger partial charge on any atom is -0.485 e. The van der Waals surface area contributed by atoms with Crippen molar-refractivity contribution in [2.75, 3.05) is 26.7 Å². The lowest BCUT2D eigenvalue weighted by atomic mass is 10.1. The van der Waals surface area contributed by atoms with E-state index in [1.165, 1.54) is 4.90 Å². The van der Waals surface area contributed by atoms with Crippen molar-refractivity contribution in [2.24, 2.45) is 5.10 Å². The van der Waals surface area contributed by atoms with E-state index in [-0.39, 0.29) is 12.5 Å². The summed E-state index contributed by atoms with van der Waals surface area (Å²) in [5, 5.41) is 4.22. The molecule has 3 rings (SSSR count). The average Bonchev–Trinajstić information content (AvgIpc) is 2.53. The lowest BCUT2D eigenvalue weighted by Gasteiger charge is -2.25. The number of nitrogens with one attached hydrogen (secondary N) is 2. The van der Waals surface area contributed by atoms with Crippen LogP contribution in [-0.4, -0.2) is 44.5 Å². The van der Waals surface area contributed by atoms with Gasteiger partial charge < -0.3 is 14.4 Å². The van der Waals surface area contributed by atoms with E-state index in [0.29, 0.717) is 11.5 Å². The van der Waals surface area contributed by atoms with Crippen molar-refractivity contribution in [1.82, 2.24) is 5.43 Å². The van der Waals surface area contributed by atoms with Crippen molar-refractivity contribution >= 4 is 11.6 Å². The van der Waals surface area contributed by atoms with E-state index in [0.717, 1.165) is 31.6 Å². The number of carbonyl (C=O) groups is 1. The third kappa shape index (κ3) is 3.33. The second-order valence-electron chi connectivity index (χ2n) is 5.48. The molecular weight excluding hydrogens is 270 g/mol. The molecule has 21 heavy (non-hydrogen) atoms. The van der Waals surface area contributed by atoms with Crippen LogP contribution in [0.1, 0.15) is 12.8 Å². The normalized spacial score (nSPS) is 24.3. The fraction of sp³-hybridized carbons (Fsp3) is 0.467. The number of hydrogen-bond donors (Lipinski definition) is 2. The Morgan fingerprint density at radius 3 is 2.76 bits per heavy atom. The minimum absolute atomic E-state index is 0.209. The van der Waals surface area contributed by atoms with Crippen molar-refractivity contribution < 1.29 is 19.2 Å². The van der Waals surface area contributed by atoms with Crippen LogP contribution in [0.25, 0.3) is 0 Å². The van der Waals surface area contributed by atoms with E-state index in [9.17, 15) is 4.79 Å². The topological polar surface area (TPSA) is 64.4 Å².